The minimum atomic E-state index is -0.364. The minimum absolute atomic E-state index is 0.114. The summed E-state index contributed by atoms with van der Waals surface area (Å²) in [4.78, 5) is 17.1. The van der Waals surface area contributed by atoms with E-state index in [-0.39, 0.29) is 23.1 Å². The fourth-order valence-corrected chi connectivity index (χ4v) is 4.24. The zero-order valence-electron chi connectivity index (χ0n) is 20.6. The van der Waals surface area contributed by atoms with E-state index in [1.165, 1.54) is 39.6 Å². The first-order chi connectivity index (χ1) is 17.5. The van der Waals surface area contributed by atoms with E-state index in [0.29, 0.717) is 34.7 Å². The van der Waals surface area contributed by atoms with Crippen molar-refractivity contribution in [2.45, 2.75) is 18.3 Å². The van der Waals surface area contributed by atoms with E-state index >= 15 is 0 Å². The number of aromatic nitrogens is 9. The Balaban J connectivity index is 1.69. The van der Waals surface area contributed by atoms with Gasteiger partial charge < -0.3 is 18.9 Å². The van der Waals surface area contributed by atoms with Crippen LogP contribution in [-0.4, -0.2) is 78.2 Å². The lowest BCUT2D eigenvalue weighted by Gasteiger charge is -2.22. The van der Waals surface area contributed by atoms with Gasteiger partial charge in [0, 0.05) is 20.4 Å². The van der Waals surface area contributed by atoms with Crippen molar-refractivity contribution < 1.29 is 18.9 Å². The first kappa shape index (κ1) is 25.1. The number of ether oxygens (including phenoxy) is 4. The van der Waals surface area contributed by atoms with Crippen molar-refractivity contribution in [2.24, 2.45) is 7.05 Å². The van der Waals surface area contributed by atoms with Gasteiger partial charge >= 0.3 is 0 Å². The molecular formula is C21H26N10O4S. The molecule has 0 aromatic carbocycles. The number of hydrogen-bond acceptors (Lipinski definition) is 13. The van der Waals surface area contributed by atoms with E-state index < -0.39 is 0 Å². The molecule has 0 bridgehead atoms. The summed E-state index contributed by atoms with van der Waals surface area (Å²) in [6.45, 7) is 1.99. The van der Waals surface area contributed by atoms with Crippen LogP contribution in [0.5, 0.6) is 17.6 Å². The molecule has 1 unspecified atom stereocenters. The maximum atomic E-state index is 5.71. The number of anilines is 1. The second kappa shape index (κ2) is 11.2. The number of rotatable bonds is 11. The summed E-state index contributed by atoms with van der Waals surface area (Å²) in [6.07, 6.45) is 5.98. The monoisotopic (exact) mass is 514 g/mol. The van der Waals surface area contributed by atoms with Gasteiger partial charge in [-0.25, -0.2) is 9.55 Å². The van der Waals surface area contributed by atoms with Crippen LogP contribution in [0.25, 0.3) is 17.2 Å². The Bertz CT molecular complexity index is 1270. The van der Waals surface area contributed by atoms with Gasteiger partial charge in [-0.05, 0) is 24.9 Å². The third-order valence-corrected chi connectivity index (χ3v) is 6.06. The lowest BCUT2D eigenvalue weighted by Crippen LogP contribution is -2.18. The molecule has 190 valence electrons. The average Bonchev–Trinajstić information content (AvgIpc) is 3.53. The number of methoxy groups -OCH3 is 4. The van der Waals surface area contributed by atoms with Crippen LogP contribution in [0.3, 0.4) is 0 Å². The van der Waals surface area contributed by atoms with Crippen molar-refractivity contribution in [2.75, 3.05) is 33.2 Å². The van der Waals surface area contributed by atoms with Gasteiger partial charge in [-0.15, -0.1) is 10.2 Å². The van der Waals surface area contributed by atoms with E-state index in [1.54, 1.807) is 28.8 Å². The molecule has 14 nitrogen and oxygen atoms in total. The first-order valence-corrected chi connectivity index (χ1v) is 11.6. The topological polar surface area (TPSA) is 149 Å². The molecule has 2 atom stereocenters. The molecule has 1 N–H and O–H groups in total. The van der Waals surface area contributed by atoms with Crippen molar-refractivity contribution in [3.63, 3.8) is 0 Å². The highest BCUT2D eigenvalue weighted by molar-refractivity contribution is 8.01. The molecule has 15 heteroatoms. The Kier molecular flexibility index (Phi) is 7.80. The molecule has 0 aliphatic carbocycles. The summed E-state index contributed by atoms with van der Waals surface area (Å²) in [5, 5.41) is 13.1. The molecule has 0 saturated heterocycles. The van der Waals surface area contributed by atoms with E-state index in [9.17, 15) is 0 Å². The Labute approximate surface area is 211 Å². The second-order valence-electron chi connectivity index (χ2n) is 7.36. The lowest BCUT2D eigenvalue weighted by molar-refractivity contribution is 0.101. The normalized spacial score (nSPS) is 12.7. The van der Waals surface area contributed by atoms with Gasteiger partial charge in [-0.2, -0.15) is 15.1 Å². The van der Waals surface area contributed by atoms with Crippen molar-refractivity contribution >= 4 is 17.9 Å². The maximum absolute atomic E-state index is 5.71. The van der Waals surface area contributed by atoms with Crippen molar-refractivity contribution in [3.05, 3.63) is 36.7 Å². The van der Waals surface area contributed by atoms with Crippen LogP contribution in [-0.2, 0) is 11.8 Å². The fraction of sp³-hybridized carbons (Fsp3) is 0.381. The summed E-state index contributed by atoms with van der Waals surface area (Å²) in [7, 11) is 8.00. The Morgan fingerprint density at radius 3 is 2.25 bits per heavy atom. The molecule has 4 aromatic heterocycles. The lowest BCUT2D eigenvalue weighted by atomic mass is 10.2. The number of aryl methyl sites for hydroxylation is 1. The van der Waals surface area contributed by atoms with Crippen LogP contribution in [0, 0.1) is 0 Å². The Hall–Kier alpha value is -3.98. The zero-order valence-corrected chi connectivity index (χ0v) is 21.4. The Morgan fingerprint density at radius 2 is 1.69 bits per heavy atom. The smallest absolute Gasteiger partial charge is 0.245 e. The van der Waals surface area contributed by atoms with Gasteiger partial charge in [0.25, 0.3) is 0 Å². The summed E-state index contributed by atoms with van der Waals surface area (Å²) in [5.41, 5.74) is 1.68. The second-order valence-corrected chi connectivity index (χ2v) is 8.55. The van der Waals surface area contributed by atoms with Gasteiger partial charge in [0.1, 0.15) is 18.1 Å². The standard InChI is InChI=1S/C21H26N10O4S/c1-12(17(33-4)14-9-23-15(32-3)10-22-14)36-29-21-27-26-18(13-7-8-30(2)28-13)31(21)16-19(34-5)24-11-25-20(16)35-6/h7-12,17H,1-6H3,(H,27,29)/t12-,17?/m0/s1. The minimum Gasteiger partial charge on any atom is -0.480 e. The van der Waals surface area contributed by atoms with Gasteiger partial charge in [0.05, 0.1) is 44.7 Å². The summed E-state index contributed by atoms with van der Waals surface area (Å²) in [6, 6.07) is 1.83. The highest BCUT2D eigenvalue weighted by atomic mass is 32.2. The maximum Gasteiger partial charge on any atom is 0.245 e. The first-order valence-electron chi connectivity index (χ1n) is 10.7. The van der Waals surface area contributed by atoms with E-state index in [4.69, 9.17) is 18.9 Å². The van der Waals surface area contributed by atoms with Crippen LogP contribution in [0.2, 0.25) is 0 Å². The largest absolute Gasteiger partial charge is 0.480 e. The van der Waals surface area contributed by atoms with Crippen molar-refractivity contribution in [3.8, 4) is 34.8 Å². The molecule has 0 fully saturated rings. The molecule has 0 spiro atoms. The Morgan fingerprint density at radius 1 is 0.944 bits per heavy atom. The highest BCUT2D eigenvalue weighted by Gasteiger charge is 2.27. The van der Waals surface area contributed by atoms with Crippen LogP contribution in [0.4, 0.5) is 5.95 Å². The predicted octanol–water partition coefficient (Wildman–Crippen LogP) is 2.11. The number of hydrogen-bond donors (Lipinski definition) is 1. The molecule has 0 aliphatic rings. The molecule has 0 radical (unpaired) electrons. The SMILES string of the molecule is COc1cnc(C(OC)[C@H](C)SNc2nnc(-c3ccn(C)n3)n2-c2c(OC)ncnc2OC)cn1. The van der Waals surface area contributed by atoms with Gasteiger partial charge in [0.2, 0.25) is 23.6 Å². The van der Waals surface area contributed by atoms with Gasteiger partial charge in [0.15, 0.2) is 11.5 Å². The van der Waals surface area contributed by atoms with Crippen LogP contribution >= 0.6 is 11.9 Å². The molecular weight excluding hydrogens is 488 g/mol. The van der Waals surface area contributed by atoms with Crippen LogP contribution in [0.15, 0.2) is 31.0 Å². The number of nitrogens with zero attached hydrogens (tertiary/aromatic N) is 9. The van der Waals surface area contributed by atoms with Gasteiger partial charge in [-0.3, -0.25) is 14.4 Å². The van der Waals surface area contributed by atoms with E-state index in [1.807, 2.05) is 26.2 Å². The summed E-state index contributed by atoms with van der Waals surface area (Å²) in [5.74, 6) is 1.82. The molecule has 4 rings (SSSR count). The molecule has 0 saturated carbocycles. The van der Waals surface area contributed by atoms with E-state index in [0.717, 1.165) is 0 Å². The van der Waals surface area contributed by atoms with Gasteiger partial charge in [-0.1, -0.05) is 0 Å². The fourth-order valence-electron chi connectivity index (χ4n) is 3.44. The van der Waals surface area contributed by atoms with E-state index in [2.05, 4.69) is 40.0 Å². The zero-order chi connectivity index (χ0) is 25.7. The van der Waals surface area contributed by atoms with Crippen molar-refractivity contribution in [1.29, 1.82) is 0 Å². The number of nitrogens with one attached hydrogen (secondary N) is 1. The average molecular weight is 515 g/mol. The molecule has 36 heavy (non-hydrogen) atoms. The highest BCUT2D eigenvalue weighted by Crippen LogP contribution is 2.36. The van der Waals surface area contributed by atoms with Crippen molar-refractivity contribution in [1.82, 2.24) is 44.5 Å². The third kappa shape index (κ3) is 5.01. The quantitative estimate of drug-likeness (QED) is 0.291. The van der Waals surface area contributed by atoms with Crippen LogP contribution < -0.4 is 18.9 Å². The summed E-state index contributed by atoms with van der Waals surface area (Å²) < 4.78 is 28.5. The molecule has 4 heterocycles. The molecule has 4 aromatic rings. The van der Waals surface area contributed by atoms with Crippen LogP contribution in [0.1, 0.15) is 18.7 Å². The molecule has 0 amide bonds. The predicted molar refractivity (Wildman–Crippen MR) is 131 cm³/mol. The third-order valence-electron chi connectivity index (χ3n) is 5.14. The summed E-state index contributed by atoms with van der Waals surface area (Å²) >= 11 is 1.37. The molecule has 0 aliphatic heterocycles.